The summed E-state index contributed by atoms with van der Waals surface area (Å²) in [4.78, 5) is 60.8. The Hall–Kier alpha value is -2.88. The molecule has 18 heteroatoms. The molecule has 3 aromatic rings. The van der Waals surface area contributed by atoms with E-state index >= 15 is 0 Å². The molecule has 0 amide bonds. The van der Waals surface area contributed by atoms with Crippen molar-refractivity contribution in [3.05, 3.63) is 81.5 Å². The van der Waals surface area contributed by atoms with Gasteiger partial charge in [0.05, 0.1) is 24.5 Å². The lowest BCUT2D eigenvalue weighted by molar-refractivity contribution is -0.0547. The molecule has 4 rings (SSSR count). The van der Waals surface area contributed by atoms with Crippen LogP contribution >= 0.6 is 15.6 Å². The smallest absolute Gasteiger partial charge is 0.387 e. The van der Waals surface area contributed by atoms with Gasteiger partial charge < -0.3 is 29.6 Å². The van der Waals surface area contributed by atoms with Gasteiger partial charge in [-0.05, 0) is 24.3 Å². The van der Waals surface area contributed by atoms with Crippen LogP contribution in [0.4, 0.5) is 0 Å². The molecular weight excluding hydrogens is 550 g/mol. The van der Waals surface area contributed by atoms with E-state index in [0.717, 1.165) is 21.4 Å². The molecule has 4 heterocycles. The molecule has 1 fully saturated rings. The fraction of sp³-hybridized carbons (Fsp3) is 0.300. The molecule has 3 aromatic heterocycles. The van der Waals surface area contributed by atoms with E-state index in [9.17, 15) is 33.8 Å². The van der Waals surface area contributed by atoms with Crippen molar-refractivity contribution in [2.45, 2.75) is 31.1 Å². The molecule has 1 saturated heterocycles. The molecule has 5 atom stereocenters. The highest BCUT2D eigenvalue weighted by atomic mass is 31.3. The van der Waals surface area contributed by atoms with Crippen LogP contribution in [0.5, 0.6) is 0 Å². The fourth-order valence-corrected chi connectivity index (χ4v) is 5.31. The maximum absolute atomic E-state index is 13.2. The van der Waals surface area contributed by atoms with Crippen molar-refractivity contribution in [1.29, 1.82) is 0 Å². The molecule has 38 heavy (non-hydrogen) atoms. The molecule has 0 spiro atoms. The number of hydrogen-bond donors (Lipinski definition) is 5. The number of nitrogens with zero attached hydrogens (tertiary/aromatic N) is 4. The first-order chi connectivity index (χ1) is 17.8. The predicted molar refractivity (Wildman–Crippen MR) is 126 cm³/mol. The molecule has 5 N–H and O–H groups in total. The SMILES string of the molecule is O=c1ccn([C@@H]2O[C@H](COP(=O)(O)OP(=O)(O)O)C(O)C2O)c(=O)n1Cc1cc(-c2ccccn2)ccn1. The zero-order valence-corrected chi connectivity index (χ0v) is 21.0. The molecule has 3 unspecified atom stereocenters. The van der Waals surface area contributed by atoms with E-state index in [1.807, 2.05) is 0 Å². The second-order valence-corrected chi connectivity index (χ2v) is 10.9. The molecule has 0 saturated carbocycles. The number of hydrogen-bond acceptors (Lipinski definition) is 11. The molecule has 0 aromatic carbocycles. The Bertz CT molecular complexity index is 1510. The normalized spacial score (nSPS) is 23.3. The van der Waals surface area contributed by atoms with Gasteiger partial charge in [-0.15, -0.1) is 0 Å². The van der Waals surface area contributed by atoms with Crippen molar-refractivity contribution < 1.29 is 47.6 Å². The summed E-state index contributed by atoms with van der Waals surface area (Å²) in [5, 5.41) is 20.7. The lowest BCUT2D eigenvalue weighted by atomic mass is 10.1. The molecule has 0 bridgehead atoms. The Morgan fingerprint density at radius 3 is 2.45 bits per heavy atom. The van der Waals surface area contributed by atoms with Gasteiger partial charge in [0.25, 0.3) is 5.56 Å². The van der Waals surface area contributed by atoms with Crippen molar-refractivity contribution in [3.8, 4) is 11.3 Å². The van der Waals surface area contributed by atoms with E-state index in [2.05, 4.69) is 18.8 Å². The van der Waals surface area contributed by atoms with E-state index in [1.165, 1.54) is 6.20 Å². The Morgan fingerprint density at radius 1 is 1.00 bits per heavy atom. The van der Waals surface area contributed by atoms with Gasteiger partial charge in [0, 0.05) is 30.2 Å². The summed E-state index contributed by atoms with van der Waals surface area (Å²) in [6, 6.07) is 9.72. The number of rotatable bonds is 9. The fourth-order valence-electron chi connectivity index (χ4n) is 3.71. The quantitative estimate of drug-likeness (QED) is 0.201. The summed E-state index contributed by atoms with van der Waals surface area (Å²) in [5.74, 6) is 0. The largest absolute Gasteiger partial charge is 0.481 e. The number of ether oxygens (including phenoxy) is 1. The molecule has 1 aliphatic heterocycles. The highest BCUT2D eigenvalue weighted by Crippen LogP contribution is 2.57. The van der Waals surface area contributed by atoms with Gasteiger partial charge in [-0.25, -0.2) is 13.9 Å². The standard InChI is InChI=1S/C20H22N4O12P2/c25-16-5-8-23(19-18(27)17(26)15(35-19)11-34-38(32,33)36-37(29,30)31)20(28)24(16)10-13-9-12(4-7-21-13)14-3-1-2-6-22-14/h1-9,15,17-19,26-27H,10-11H2,(H,32,33)(H2,29,30,31)/t15-,17?,18?,19-/m1/s1. The lowest BCUT2D eigenvalue weighted by Gasteiger charge is -2.19. The third-order valence-corrected chi connectivity index (χ3v) is 7.57. The number of phosphoric ester groups is 1. The zero-order valence-electron chi connectivity index (χ0n) is 19.2. The van der Waals surface area contributed by atoms with E-state index in [0.29, 0.717) is 17.0 Å². The second kappa shape index (κ2) is 11.1. The molecule has 0 radical (unpaired) electrons. The Balaban J connectivity index is 1.55. The van der Waals surface area contributed by atoms with Crippen LogP contribution < -0.4 is 11.2 Å². The number of pyridine rings is 2. The van der Waals surface area contributed by atoms with Gasteiger partial charge in [-0.1, -0.05) is 6.07 Å². The Kier molecular flexibility index (Phi) is 8.20. The van der Waals surface area contributed by atoms with E-state index in [4.69, 9.17) is 14.5 Å². The maximum atomic E-state index is 13.2. The summed E-state index contributed by atoms with van der Waals surface area (Å²) in [6.07, 6.45) is -2.42. The lowest BCUT2D eigenvalue weighted by Crippen LogP contribution is -2.43. The van der Waals surface area contributed by atoms with Crippen LogP contribution in [0.3, 0.4) is 0 Å². The van der Waals surface area contributed by atoms with E-state index in [-0.39, 0.29) is 6.54 Å². The highest BCUT2D eigenvalue weighted by molar-refractivity contribution is 7.60. The molecule has 1 aliphatic rings. The van der Waals surface area contributed by atoms with Gasteiger partial charge >= 0.3 is 21.3 Å². The number of aliphatic hydroxyl groups excluding tert-OH is 2. The van der Waals surface area contributed by atoms with Crippen molar-refractivity contribution in [1.82, 2.24) is 19.1 Å². The van der Waals surface area contributed by atoms with Crippen LogP contribution in [0.25, 0.3) is 11.3 Å². The predicted octanol–water partition coefficient (Wildman–Crippen LogP) is -0.639. The summed E-state index contributed by atoms with van der Waals surface area (Å²) < 4.78 is 37.6. The minimum absolute atomic E-state index is 0.246. The van der Waals surface area contributed by atoms with Gasteiger partial charge in [0.15, 0.2) is 6.23 Å². The zero-order chi connectivity index (χ0) is 27.7. The minimum atomic E-state index is -5.38. The first kappa shape index (κ1) is 28.1. The third-order valence-electron chi connectivity index (χ3n) is 5.42. The van der Waals surface area contributed by atoms with Crippen molar-refractivity contribution >= 4 is 15.6 Å². The summed E-state index contributed by atoms with van der Waals surface area (Å²) in [5.41, 5.74) is 0.104. The van der Waals surface area contributed by atoms with Crippen molar-refractivity contribution in [3.63, 3.8) is 0 Å². The monoisotopic (exact) mass is 572 g/mol. The van der Waals surface area contributed by atoms with Crippen LogP contribution in [0.1, 0.15) is 11.9 Å². The first-order valence-electron chi connectivity index (χ1n) is 10.8. The number of aliphatic hydroxyl groups is 2. The van der Waals surface area contributed by atoms with E-state index in [1.54, 1.807) is 36.5 Å². The van der Waals surface area contributed by atoms with Gasteiger partial charge in [0.2, 0.25) is 0 Å². The molecule has 204 valence electrons. The van der Waals surface area contributed by atoms with Crippen LogP contribution in [-0.4, -0.2) is 68.9 Å². The number of phosphoric acid groups is 2. The average molecular weight is 572 g/mol. The van der Waals surface area contributed by atoms with E-state index < -0.39 is 58.0 Å². The molecule has 16 nitrogen and oxygen atoms in total. The van der Waals surface area contributed by atoms with Gasteiger partial charge in [-0.3, -0.25) is 28.4 Å². The summed E-state index contributed by atoms with van der Waals surface area (Å²) in [6.45, 7) is -1.19. The van der Waals surface area contributed by atoms with Gasteiger partial charge in [-0.2, -0.15) is 4.31 Å². The Labute approximate surface area is 213 Å². The number of aromatic nitrogens is 4. The second-order valence-electron chi connectivity index (χ2n) is 8.06. The molecular formula is C20H22N4O12P2. The Morgan fingerprint density at radius 2 is 1.76 bits per heavy atom. The highest BCUT2D eigenvalue weighted by Gasteiger charge is 2.46. The van der Waals surface area contributed by atoms with Gasteiger partial charge in [0.1, 0.15) is 18.3 Å². The average Bonchev–Trinajstić information content (AvgIpc) is 3.13. The molecule has 0 aliphatic carbocycles. The maximum Gasteiger partial charge on any atom is 0.481 e. The summed E-state index contributed by atoms with van der Waals surface area (Å²) in [7, 11) is -10.6. The topological polar surface area (TPSA) is 233 Å². The van der Waals surface area contributed by atoms with Crippen molar-refractivity contribution in [2.75, 3.05) is 6.61 Å². The third kappa shape index (κ3) is 6.57. The van der Waals surface area contributed by atoms with Crippen LogP contribution in [0.15, 0.2) is 64.6 Å². The van der Waals surface area contributed by atoms with Crippen molar-refractivity contribution in [2.24, 2.45) is 0 Å². The van der Waals surface area contributed by atoms with Crippen LogP contribution in [-0.2, 0) is 29.2 Å². The first-order valence-corrected chi connectivity index (χ1v) is 13.8. The van der Waals surface area contributed by atoms with Crippen LogP contribution in [0.2, 0.25) is 0 Å². The summed E-state index contributed by atoms with van der Waals surface area (Å²) >= 11 is 0. The minimum Gasteiger partial charge on any atom is -0.387 e. The van der Waals surface area contributed by atoms with Crippen LogP contribution in [0, 0.1) is 0 Å².